The Hall–Kier alpha value is -1.16. The zero-order valence-electron chi connectivity index (χ0n) is 12.3. The molecule has 0 saturated carbocycles. The Morgan fingerprint density at radius 2 is 2.00 bits per heavy atom. The predicted octanol–water partition coefficient (Wildman–Crippen LogP) is 4.09. The van der Waals surface area contributed by atoms with Crippen LogP contribution in [0.25, 0.3) is 0 Å². The number of hydrogen-bond acceptors (Lipinski definition) is 3. The minimum absolute atomic E-state index is 0.296. The number of benzene rings is 1. The summed E-state index contributed by atoms with van der Waals surface area (Å²) in [7, 11) is 0. The predicted molar refractivity (Wildman–Crippen MR) is 84.2 cm³/mol. The molecule has 0 radical (unpaired) electrons. The van der Waals surface area contributed by atoms with Gasteiger partial charge in [0.05, 0.1) is 19.3 Å². The van der Waals surface area contributed by atoms with Gasteiger partial charge in [-0.15, -0.1) is 11.3 Å². The second kappa shape index (κ2) is 5.68. The molecular weight excluding hydrogens is 266 g/mol. The standard InChI is InChI=1S/C17H21NOS/c1-4-18-16(17-11(2)7-12(3)20-17)13-5-6-14-9-19-10-15(14)8-13/h5-8,16,18H,4,9-10H2,1-3H3. The van der Waals surface area contributed by atoms with Crippen molar-refractivity contribution in [1.82, 2.24) is 5.32 Å². The van der Waals surface area contributed by atoms with Gasteiger partial charge < -0.3 is 10.1 Å². The molecule has 3 heteroatoms. The highest BCUT2D eigenvalue weighted by atomic mass is 32.1. The smallest absolute Gasteiger partial charge is 0.0725 e. The van der Waals surface area contributed by atoms with E-state index in [1.54, 1.807) is 0 Å². The third-order valence-corrected chi connectivity index (χ3v) is 5.05. The van der Waals surface area contributed by atoms with Crippen LogP contribution in [0, 0.1) is 13.8 Å². The van der Waals surface area contributed by atoms with Crippen LogP contribution >= 0.6 is 11.3 Å². The topological polar surface area (TPSA) is 21.3 Å². The molecule has 1 aliphatic rings. The second-order valence-electron chi connectivity index (χ2n) is 5.42. The molecule has 2 nitrogen and oxygen atoms in total. The highest BCUT2D eigenvalue weighted by molar-refractivity contribution is 7.12. The maximum atomic E-state index is 5.53. The molecule has 1 unspecified atom stereocenters. The number of fused-ring (bicyclic) bond motifs is 1. The number of rotatable bonds is 4. The molecule has 1 N–H and O–H groups in total. The summed E-state index contributed by atoms with van der Waals surface area (Å²) in [5.41, 5.74) is 5.41. The van der Waals surface area contributed by atoms with Crippen molar-refractivity contribution < 1.29 is 4.74 Å². The molecule has 1 aromatic heterocycles. The Morgan fingerprint density at radius 1 is 1.20 bits per heavy atom. The van der Waals surface area contributed by atoms with E-state index in [-0.39, 0.29) is 0 Å². The van der Waals surface area contributed by atoms with E-state index in [0.29, 0.717) is 6.04 Å². The molecule has 0 spiro atoms. The first-order valence-electron chi connectivity index (χ1n) is 7.18. The third-order valence-electron chi connectivity index (χ3n) is 3.83. The highest BCUT2D eigenvalue weighted by Crippen LogP contribution is 2.33. The van der Waals surface area contributed by atoms with Gasteiger partial charge in [0.15, 0.2) is 0 Å². The van der Waals surface area contributed by atoms with Gasteiger partial charge in [-0.2, -0.15) is 0 Å². The Morgan fingerprint density at radius 3 is 2.70 bits per heavy atom. The maximum absolute atomic E-state index is 5.53. The van der Waals surface area contributed by atoms with Crippen LogP contribution < -0.4 is 5.32 Å². The Balaban J connectivity index is 2.00. The van der Waals surface area contributed by atoms with Crippen molar-refractivity contribution >= 4 is 11.3 Å². The van der Waals surface area contributed by atoms with Gasteiger partial charge in [-0.05, 0) is 48.7 Å². The van der Waals surface area contributed by atoms with E-state index in [1.165, 1.54) is 32.0 Å². The van der Waals surface area contributed by atoms with Crippen LogP contribution in [-0.2, 0) is 18.0 Å². The average molecular weight is 287 g/mol. The lowest BCUT2D eigenvalue weighted by atomic mass is 9.98. The van der Waals surface area contributed by atoms with Crippen LogP contribution in [0.2, 0.25) is 0 Å². The molecule has 0 saturated heterocycles. The van der Waals surface area contributed by atoms with Crippen molar-refractivity contribution in [3.63, 3.8) is 0 Å². The van der Waals surface area contributed by atoms with Crippen LogP contribution in [0.1, 0.15) is 45.0 Å². The average Bonchev–Trinajstić information content (AvgIpc) is 3.01. The summed E-state index contributed by atoms with van der Waals surface area (Å²) < 4.78 is 5.53. The number of aryl methyl sites for hydroxylation is 2. The monoisotopic (exact) mass is 287 g/mol. The molecule has 0 bridgehead atoms. The van der Waals surface area contributed by atoms with Crippen molar-refractivity contribution in [3.05, 3.63) is 56.3 Å². The molecule has 0 aliphatic carbocycles. The second-order valence-corrected chi connectivity index (χ2v) is 6.70. The van der Waals surface area contributed by atoms with Gasteiger partial charge in [0.25, 0.3) is 0 Å². The minimum atomic E-state index is 0.296. The summed E-state index contributed by atoms with van der Waals surface area (Å²) in [6.45, 7) is 9.04. The molecular formula is C17H21NOS. The summed E-state index contributed by atoms with van der Waals surface area (Å²) in [6.07, 6.45) is 0. The largest absolute Gasteiger partial charge is 0.372 e. The fraction of sp³-hybridized carbons (Fsp3) is 0.412. The van der Waals surface area contributed by atoms with Gasteiger partial charge in [0, 0.05) is 9.75 Å². The fourth-order valence-corrected chi connectivity index (χ4v) is 4.02. The quantitative estimate of drug-likeness (QED) is 0.914. The van der Waals surface area contributed by atoms with Crippen molar-refractivity contribution in [2.24, 2.45) is 0 Å². The Kier molecular flexibility index (Phi) is 3.92. The molecule has 1 aliphatic heterocycles. The zero-order chi connectivity index (χ0) is 14.1. The maximum Gasteiger partial charge on any atom is 0.0725 e. The molecule has 1 aromatic carbocycles. The van der Waals surface area contributed by atoms with Gasteiger partial charge in [-0.25, -0.2) is 0 Å². The summed E-state index contributed by atoms with van der Waals surface area (Å²) in [5.74, 6) is 0. The van der Waals surface area contributed by atoms with Crippen molar-refractivity contribution in [3.8, 4) is 0 Å². The first-order valence-corrected chi connectivity index (χ1v) is 8.00. The molecule has 20 heavy (non-hydrogen) atoms. The van der Waals surface area contributed by atoms with Gasteiger partial charge >= 0.3 is 0 Å². The van der Waals surface area contributed by atoms with E-state index < -0.39 is 0 Å². The van der Waals surface area contributed by atoms with Crippen LogP contribution in [-0.4, -0.2) is 6.54 Å². The van der Waals surface area contributed by atoms with Gasteiger partial charge in [0.2, 0.25) is 0 Å². The van der Waals surface area contributed by atoms with Crippen LogP contribution in [0.5, 0.6) is 0 Å². The van der Waals surface area contributed by atoms with Crippen LogP contribution in [0.4, 0.5) is 0 Å². The van der Waals surface area contributed by atoms with Crippen molar-refractivity contribution in [1.29, 1.82) is 0 Å². The van der Waals surface area contributed by atoms with E-state index in [9.17, 15) is 0 Å². The molecule has 0 fully saturated rings. The lowest BCUT2D eigenvalue weighted by Gasteiger charge is -2.19. The van der Waals surface area contributed by atoms with Crippen molar-refractivity contribution in [2.75, 3.05) is 6.54 Å². The molecule has 2 aromatic rings. The van der Waals surface area contributed by atoms with E-state index >= 15 is 0 Å². The highest BCUT2D eigenvalue weighted by Gasteiger charge is 2.20. The van der Waals surface area contributed by atoms with Gasteiger partial charge in [-0.1, -0.05) is 25.1 Å². The summed E-state index contributed by atoms with van der Waals surface area (Å²) in [6, 6.07) is 9.35. The molecule has 0 amide bonds. The number of hydrogen-bond donors (Lipinski definition) is 1. The Bertz CT molecular complexity index is 617. The van der Waals surface area contributed by atoms with E-state index in [4.69, 9.17) is 4.74 Å². The molecule has 2 heterocycles. The summed E-state index contributed by atoms with van der Waals surface area (Å²) >= 11 is 1.90. The number of ether oxygens (including phenoxy) is 1. The number of nitrogens with one attached hydrogen (secondary N) is 1. The molecule has 106 valence electrons. The van der Waals surface area contributed by atoms with E-state index in [0.717, 1.165) is 19.8 Å². The SMILES string of the molecule is CCNC(c1ccc2c(c1)COC2)c1sc(C)cc1C. The van der Waals surface area contributed by atoms with Crippen molar-refractivity contribution in [2.45, 2.75) is 40.0 Å². The lowest BCUT2D eigenvalue weighted by Crippen LogP contribution is -2.21. The van der Waals surface area contributed by atoms with E-state index in [1.807, 2.05) is 11.3 Å². The fourth-order valence-electron chi connectivity index (χ4n) is 2.88. The van der Waals surface area contributed by atoms with Gasteiger partial charge in [-0.3, -0.25) is 0 Å². The van der Waals surface area contributed by atoms with Crippen LogP contribution in [0.3, 0.4) is 0 Å². The molecule has 3 rings (SSSR count). The Labute approximate surface area is 124 Å². The third kappa shape index (κ3) is 2.53. The lowest BCUT2D eigenvalue weighted by molar-refractivity contribution is 0.134. The first-order chi connectivity index (χ1) is 9.69. The first kappa shape index (κ1) is 13.8. The zero-order valence-corrected chi connectivity index (χ0v) is 13.1. The summed E-state index contributed by atoms with van der Waals surface area (Å²) in [4.78, 5) is 2.81. The van der Waals surface area contributed by atoms with Gasteiger partial charge in [0.1, 0.15) is 0 Å². The minimum Gasteiger partial charge on any atom is -0.372 e. The normalized spacial score (nSPS) is 15.3. The summed E-state index contributed by atoms with van der Waals surface area (Å²) in [5, 5.41) is 3.63. The number of thiophene rings is 1. The molecule has 1 atom stereocenters. The van der Waals surface area contributed by atoms with E-state index in [2.05, 4.69) is 50.4 Å². The van der Waals surface area contributed by atoms with Crippen LogP contribution in [0.15, 0.2) is 24.3 Å².